The number of nitrogens with zero attached hydrogens (tertiary/aromatic N) is 1. The van der Waals surface area contributed by atoms with E-state index in [1.165, 1.54) is 4.31 Å². The molecule has 1 N–H and O–H groups in total. The molecule has 0 unspecified atom stereocenters. The summed E-state index contributed by atoms with van der Waals surface area (Å²) in [5.74, 6) is 0.147. The lowest BCUT2D eigenvalue weighted by molar-refractivity contribution is 0.509. The predicted molar refractivity (Wildman–Crippen MR) is 108 cm³/mol. The van der Waals surface area contributed by atoms with Crippen LogP contribution in [0.3, 0.4) is 0 Å². The van der Waals surface area contributed by atoms with Gasteiger partial charge in [-0.15, -0.1) is 0 Å². The highest BCUT2D eigenvalue weighted by molar-refractivity contribution is 7.92. The molecule has 0 aromatic heterocycles. The lowest BCUT2D eigenvalue weighted by Gasteiger charge is -2.29. The molecule has 2 aliphatic rings. The standard InChI is InChI=1S/C19H30N2O4S2/c1-15-13-18(21-11-7-8-12-26(21,22)23)14-16(2)19(15)27(24,25)20-17-9-5-3-4-6-10-17/h13-14,17,20H,3-12H2,1-2H3. The third-order valence-electron chi connectivity index (χ3n) is 5.53. The van der Waals surface area contributed by atoms with Crippen LogP contribution >= 0.6 is 0 Å². The van der Waals surface area contributed by atoms with E-state index in [0.29, 0.717) is 29.8 Å². The summed E-state index contributed by atoms with van der Waals surface area (Å²) in [7, 11) is -6.95. The van der Waals surface area contributed by atoms with E-state index in [-0.39, 0.29) is 16.7 Å². The summed E-state index contributed by atoms with van der Waals surface area (Å²) in [5, 5.41) is 0. The summed E-state index contributed by atoms with van der Waals surface area (Å²) in [4.78, 5) is 0.282. The molecular weight excluding hydrogens is 384 g/mol. The molecule has 27 heavy (non-hydrogen) atoms. The largest absolute Gasteiger partial charge is 0.270 e. The molecule has 152 valence electrons. The van der Waals surface area contributed by atoms with Gasteiger partial charge in [0.1, 0.15) is 0 Å². The molecule has 1 saturated carbocycles. The minimum atomic E-state index is -3.63. The maximum Gasteiger partial charge on any atom is 0.241 e. The van der Waals surface area contributed by atoms with Gasteiger partial charge in [0.25, 0.3) is 0 Å². The van der Waals surface area contributed by atoms with Crippen LogP contribution < -0.4 is 9.03 Å². The van der Waals surface area contributed by atoms with Crippen molar-refractivity contribution in [1.82, 2.24) is 4.72 Å². The van der Waals surface area contributed by atoms with Gasteiger partial charge in [0.15, 0.2) is 0 Å². The number of hydrogen-bond acceptors (Lipinski definition) is 4. The summed E-state index contributed by atoms with van der Waals surface area (Å²) >= 11 is 0. The van der Waals surface area contributed by atoms with Gasteiger partial charge in [-0.25, -0.2) is 21.6 Å². The Morgan fingerprint density at radius 1 is 0.963 bits per heavy atom. The molecule has 1 aromatic rings. The fourth-order valence-electron chi connectivity index (χ4n) is 4.25. The van der Waals surface area contributed by atoms with E-state index in [0.717, 1.165) is 44.9 Å². The SMILES string of the molecule is Cc1cc(N2CCCCS2(=O)=O)cc(C)c1S(=O)(=O)NC1CCCCCC1. The highest BCUT2D eigenvalue weighted by Gasteiger charge is 2.29. The second-order valence-electron chi connectivity index (χ2n) is 7.81. The quantitative estimate of drug-likeness (QED) is 0.767. The van der Waals surface area contributed by atoms with Crippen LogP contribution in [0.1, 0.15) is 62.5 Å². The third-order valence-corrected chi connectivity index (χ3v) is 9.22. The van der Waals surface area contributed by atoms with Gasteiger partial charge >= 0.3 is 0 Å². The van der Waals surface area contributed by atoms with E-state index in [9.17, 15) is 16.8 Å². The molecule has 8 heteroatoms. The average Bonchev–Trinajstić information content (AvgIpc) is 2.81. The summed E-state index contributed by atoms with van der Waals surface area (Å²) in [6.45, 7) is 3.94. The molecule has 0 radical (unpaired) electrons. The maximum absolute atomic E-state index is 13.0. The number of anilines is 1. The zero-order chi connectivity index (χ0) is 19.7. The number of sulfonamides is 2. The van der Waals surface area contributed by atoms with Crippen LogP contribution in [0.5, 0.6) is 0 Å². The predicted octanol–water partition coefficient (Wildman–Crippen LogP) is 3.23. The minimum Gasteiger partial charge on any atom is -0.270 e. The Morgan fingerprint density at radius 2 is 1.56 bits per heavy atom. The van der Waals surface area contributed by atoms with Crippen LogP contribution in [-0.4, -0.2) is 35.2 Å². The lowest BCUT2D eigenvalue weighted by Crippen LogP contribution is -2.38. The Balaban J connectivity index is 1.90. The van der Waals surface area contributed by atoms with Gasteiger partial charge in [0.2, 0.25) is 20.0 Å². The van der Waals surface area contributed by atoms with Crippen LogP contribution in [0.2, 0.25) is 0 Å². The molecule has 0 atom stereocenters. The molecule has 2 fully saturated rings. The minimum absolute atomic E-state index is 0.0153. The van der Waals surface area contributed by atoms with E-state index in [1.807, 2.05) is 0 Å². The third kappa shape index (κ3) is 4.66. The normalized spacial score (nSPS) is 21.8. The summed E-state index contributed by atoms with van der Waals surface area (Å²) in [6.07, 6.45) is 7.68. The van der Waals surface area contributed by atoms with Crippen molar-refractivity contribution in [3.8, 4) is 0 Å². The number of rotatable bonds is 4. The molecule has 0 spiro atoms. The summed E-state index contributed by atoms with van der Waals surface area (Å²) < 4.78 is 55.1. The number of hydrogen-bond donors (Lipinski definition) is 1. The van der Waals surface area contributed by atoms with Crippen molar-refractivity contribution in [2.24, 2.45) is 0 Å². The van der Waals surface area contributed by atoms with Gasteiger partial charge in [-0.1, -0.05) is 25.7 Å². The van der Waals surface area contributed by atoms with E-state index in [1.54, 1.807) is 26.0 Å². The Hall–Kier alpha value is -1.12. The first kappa shape index (κ1) is 20.6. The number of aryl methyl sites for hydroxylation is 2. The average molecular weight is 415 g/mol. The summed E-state index contributed by atoms with van der Waals surface area (Å²) in [5.41, 5.74) is 1.75. The maximum atomic E-state index is 13.0. The molecular formula is C19H30N2O4S2. The molecule has 3 rings (SSSR count). The molecule has 0 amide bonds. The topological polar surface area (TPSA) is 83.6 Å². The van der Waals surface area contributed by atoms with Gasteiger partial charge < -0.3 is 0 Å². The molecule has 6 nitrogen and oxygen atoms in total. The number of nitrogens with one attached hydrogen (secondary N) is 1. The van der Waals surface area contributed by atoms with Gasteiger partial charge in [0, 0.05) is 12.6 Å². The van der Waals surface area contributed by atoms with E-state index in [2.05, 4.69) is 4.72 Å². The first-order valence-corrected chi connectivity index (χ1v) is 12.9. The van der Waals surface area contributed by atoms with Crippen molar-refractivity contribution >= 4 is 25.7 Å². The molecule has 0 bridgehead atoms. The summed E-state index contributed by atoms with van der Waals surface area (Å²) in [6, 6.07) is 3.37. The first-order valence-electron chi connectivity index (χ1n) is 9.85. The Kier molecular flexibility index (Phi) is 6.17. The van der Waals surface area contributed by atoms with Crippen molar-refractivity contribution in [3.63, 3.8) is 0 Å². The number of benzene rings is 1. The molecule has 1 saturated heterocycles. The van der Waals surface area contributed by atoms with Gasteiger partial charge in [-0.05, 0) is 62.8 Å². The van der Waals surface area contributed by atoms with E-state index < -0.39 is 20.0 Å². The van der Waals surface area contributed by atoms with Crippen molar-refractivity contribution in [1.29, 1.82) is 0 Å². The van der Waals surface area contributed by atoms with Crippen LogP contribution in [0.4, 0.5) is 5.69 Å². The molecule has 1 aromatic carbocycles. The van der Waals surface area contributed by atoms with Crippen LogP contribution in [0, 0.1) is 13.8 Å². The monoisotopic (exact) mass is 414 g/mol. The zero-order valence-electron chi connectivity index (χ0n) is 16.2. The second kappa shape index (κ2) is 8.09. The lowest BCUT2D eigenvalue weighted by atomic mass is 10.1. The Morgan fingerprint density at radius 3 is 2.11 bits per heavy atom. The zero-order valence-corrected chi connectivity index (χ0v) is 17.8. The highest BCUT2D eigenvalue weighted by Crippen LogP contribution is 2.31. The van der Waals surface area contributed by atoms with E-state index >= 15 is 0 Å². The fourth-order valence-corrected chi connectivity index (χ4v) is 7.63. The van der Waals surface area contributed by atoms with Gasteiger partial charge in [-0.3, -0.25) is 4.31 Å². The van der Waals surface area contributed by atoms with Crippen molar-refractivity contribution in [2.75, 3.05) is 16.6 Å². The van der Waals surface area contributed by atoms with E-state index in [4.69, 9.17) is 0 Å². The fraction of sp³-hybridized carbons (Fsp3) is 0.684. The highest BCUT2D eigenvalue weighted by atomic mass is 32.2. The first-order chi connectivity index (χ1) is 12.7. The van der Waals surface area contributed by atoms with Crippen molar-refractivity contribution in [3.05, 3.63) is 23.3 Å². The Bertz CT molecular complexity index is 863. The van der Waals surface area contributed by atoms with Gasteiger partial charge in [0.05, 0.1) is 16.3 Å². The van der Waals surface area contributed by atoms with Crippen molar-refractivity contribution in [2.45, 2.75) is 76.2 Å². The van der Waals surface area contributed by atoms with Gasteiger partial charge in [-0.2, -0.15) is 0 Å². The van der Waals surface area contributed by atoms with Crippen LogP contribution in [-0.2, 0) is 20.0 Å². The molecule has 1 heterocycles. The molecule has 1 aliphatic carbocycles. The molecule has 1 aliphatic heterocycles. The smallest absolute Gasteiger partial charge is 0.241 e. The van der Waals surface area contributed by atoms with Crippen molar-refractivity contribution < 1.29 is 16.8 Å². The second-order valence-corrected chi connectivity index (χ2v) is 11.5. The Labute approximate surface area is 163 Å². The van der Waals surface area contributed by atoms with Crippen LogP contribution in [0.15, 0.2) is 17.0 Å². The van der Waals surface area contributed by atoms with Crippen LogP contribution in [0.25, 0.3) is 0 Å².